The highest BCUT2D eigenvalue weighted by Gasteiger charge is 2.53. The molecule has 7 nitrogen and oxygen atoms in total. The maximum absolute atomic E-state index is 12.7. The Labute approximate surface area is 164 Å². The fourth-order valence-electron chi connectivity index (χ4n) is 4.02. The molecule has 0 bridgehead atoms. The van der Waals surface area contributed by atoms with Gasteiger partial charge in [0.25, 0.3) is 5.91 Å². The molecule has 2 heterocycles. The molecule has 3 rings (SSSR count). The Morgan fingerprint density at radius 1 is 1.39 bits per heavy atom. The topological polar surface area (TPSA) is 88.9 Å². The van der Waals surface area contributed by atoms with Gasteiger partial charge in [0.05, 0.1) is 25.3 Å². The van der Waals surface area contributed by atoms with E-state index in [-0.39, 0.29) is 12.5 Å². The van der Waals surface area contributed by atoms with Crippen LogP contribution in [-0.2, 0) is 19.1 Å². The van der Waals surface area contributed by atoms with E-state index in [2.05, 4.69) is 6.07 Å². The molecule has 0 N–H and O–H groups in total. The average molecular weight is 384 g/mol. The summed E-state index contributed by atoms with van der Waals surface area (Å²) in [7, 11) is 1.51. The SMILES string of the molecule is CCC1(CC)Oc2ccc(C#N)cc2C(N2CC(OC)=CC2=O)C1OC(C)=O. The summed E-state index contributed by atoms with van der Waals surface area (Å²) >= 11 is 0. The largest absolute Gasteiger partial charge is 0.499 e. The van der Waals surface area contributed by atoms with Gasteiger partial charge in [0.1, 0.15) is 23.2 Å². The summed E-state index contributed by atoms with van der Waals surface area (Å²) in [6, 6.07) is 6.66. The number of hydrogen-bond donors (Lipinski definition) is 0. The first-order valence-electron chi connectivity index (χ1n) is 9.34. The molecular formula is C21H24N2O5. The van der Waals surface area contributed by atoms with Crippen LogP contribution < -0.4 is 4.74 Å². The normalized spacial score (nSPS) is 22.6. The maximum Gasteiger partial charge on any atom is 0.303 e. The lowest BCUT2D eigenvalue weighted by Crippen LogP contribution is -2.58. The molecule has 0 saturated heterocycles. The molecule has 148 valence electrons. The van der Waals surface area contributed by atoms with Gasteiger partial charge in [-0.05, 0) is 31.0 Å². The van der Waals surface area contributed by atoms with Crippen molar-refractivity contribution in [2.45, 2.75) is 51.4 Å². The molecule has 28 heavy (non-hydrogen) atoms. The lowest BCUT2D eigenvalue weighted by Gasteiger charge is -2.49. The van der Waals surface area contributed by atoms with Crippen molar-refractivity contribution in [2.24, 2.45) is 0 Å². The van der Waals surface area contributed by atoms with Crippen LogP contribution in [0.4, 0.5) is 0 Å². The highest BCUT2D eigenvalue weighted by molar-refractivity contribution is 5.91. The first-order valence-corrected chi connectivity index (χ1v) is 9.34. The number of methoxy groups -OCH3 is 1. The summed E-state index contributed by atoms with van der Waals surface area (Å²) in [6.45, 7) is 5.54. The fraction of sp³-hybridized carbons (Fsp3) is 0.476. The zero-order valence-electron chi connectivity index (χ0n) is 16.5. The van der Waals surface area contributed by atoms with Crippen LogP contribution in [0, 0.1) is 11.3 Å². The monoisotopic (exact) mass is 384 g/mol. The molecule has 0 aromatic heterocycles. The predicted octanol–water partition coefficient (Wildman–Crippen LogP) is 2.85. The zero-order valence-corrected chi connectivity index (χ0v) is 16.5. The number of nitriles is 1. The lowest BCUT2D eigenvalue weighted by atomic mass is 9.79. The summed E-state index contributed by atoms with van der Waals surface area (Å²) in [5.41, 5.74) is 0.316. The predicted molar refractivity (Wildman–Crippen MR) is 100 cm³/mol. The van der Waals surface area contributed by atoms with Crippen LogP contribution in [0.25, 0.3) is 0 Å². The Morgan fingerprint density at radius 2 is 2.11 bits per heavy atom. The van der Waals surface area contributed by atoms with E-state index < -0.39 is 23.7 Å². The van der Waals surface area contributed by atoms with Gasteiger partial charge in [-0.3, -0.25) is 9.59 Å². The Bertz CT molecular complexity index is 866. The summed E-state index contributed by atoms with van der Waals surface area (Å²) < 4.78 is 17.4. The Kier molecular flexibility index (Phi) is 5.32. The first kappa shape index (κ1) is 19.7. The van der Waals surface area contributed by atoms with Crippen molar-refractivity contribution in [1.82, 2.24) is 4.90 Å². The second-order valence-corrected chi connectivity index (χ2v) is 6.99. The van der Waals surface area contributed by atoms with Crippen LogP contribution in [0.3, 0.4) is 0 Å². The van der Waals surface area contributed by atoms with Crippen molar-refractivity contribution in [2.75, 3.05) is 13.7 Å². The minimum atomic E-state index is -0.784. The van der Waals surface area contributed by atoms with Gasteiger partial charge in [-0.2, -0.15) is 5.26 Å². The van der Waals surface area contributed by atoms with Gasteiger partial charge in [0.2, 0.25) is 0 Å². The van der Waals surface area contributed by atoms with E-state index in [0.29, 0.717) is 35.5 Å². The minimum Gasteiger partial charge on any atom is -0.499 e. The number of carbonyl (C=O) groups excluding carboxylic acids is 2. The molecule has 7 heteroatoms. The van der Waals surface area contributed by atoms with Crippen molar-refractivity contribution in [3.63, 3.8) is 0 Å². The van der Waals surface area contributed by atoms with Gasteiger partial charge in [-0.15, -0.1) is 0 Å². The summed E-state index contributed by atoms with van der Waals surface area (Å²) in [5, 5.41) is 9.34. The number of ether oxygens (including phenoxy) is 3. The van der Waals surface area contributed by atoms with Gasteiger partial charge in [-0.25, -0.2) is 0 Å². The second kappa shape index (κ2) is 7.55. The van der Waals surface area contributed by atoms with Crippen LogP contribution >= 0.6 is 0 Å². The van der Waals surface area contributed by atoms with E-state index >= 15 is 0 Å². The van der Waals surface area contributed by atoms with Gasteiger partial charge in [-0.1, -0.05) is 13.8 Å². The van der Waals surface area contributed by atoms with E-state index in [1.54, 1.807) is 23.1 Å². The third-order valence-corrected chi connectivity index (χ3v) is 5.56. The molecule has 0 aliphatic carbocycles. The van der Waals surface area contributed by atoms with Crippen molar-refractivity contribution in [1.29, 1.82) is 5.26 Å². The quantitative estimate of drug-likeness (QED) is 0.725. The van der Waals surface area contributed by atoms with Crippen molar-refractivity contribution < 1.29 is 23.8 Å². The molecule has 1 amide bonds. The number of amides is 1. The smallest absolute Gasteiger partial charge is 0.303 e. The minimum absolute atomic E-state index is 0.227. The number of nitrogens with zero attached hydrogens (tertiary/aromatic N) is 2. The van der Waals surface area contributed by atoms with Crippen LogP contribution in [0.5, 0.6) is 5.75 Å². The molecule has 0 saturated carbocycles. The lowest BCUT2D eigenvalue weighted by molar-refractivity contribution is -0.177. The Hall–Kier alpha value is -3.01. The maximum atomic E-state index is 12.7. The van der Waals surface area contributed by atoms with E-state index in [9.17, 15) is 14.9 Å². The van der Waals surface area contributed by atoms with Gasteiger partial charge < -0.3 is 19.1 Å². The Balaban J connectivity index is 2.19. The number of rotatable bonds is 5. The molecule has 1 aromatic carbocycles. The molecule has 2 unspecified atom stereocenters. The fourth-order valence-corrected chi connectivity index (χ4v) is 4.02. The van der Waals surface area contributed by atoms with Crippen LogP contribution in [0.15, 0.2) is 30.0 Å². The van der Waals surface area contributed by atoms with Crippen molar-refractivity contribution >= 4 is 11.9 Å². The number of benzene rings is 1. The third kappa shape index (κ3) is 3.19. The van der Waals surface area contributed by atoms with Gasteiger partial charge in [0.15, 0.2) is 6.10 Å². The molecule has 0 radical (unpaired) electrons. The number of hydrogen-bond acceptors (Lipinski definition) is 6. The summed E-state index contributed by atoms with van der Waals surface area (Å²) in [6.07, 6.45) is 1.90. The van der Waals surface area contributed by atoms with Crippen molar-refractivity contribution in [3.05, 3.63) is 41.2 Å². The third-order valence-electron chi connectivity index (χ3n) is 5.56. The summed E-state index contributed by atoms with van der Waals surface area (Å²) in [4.78, 5) is 26.3. The van der Waals surface area contributed by atoms with E-state index in [4.69, 9.17) is 14.2 Å². The molecule has 2 aliphatic rings. The summed E-state index contributed by atoms with van der Waals surface area (Å²) in [5.74, 6) is 0.455. The van der Waals surface area contributed by atoms with Crippen molar-refractivity contribution in [3.8, 4) is 11.8 Å². The van der Waals surface area contributed by atoms with Gasteiger partial charge in [0, 0.05) is 18.6 Å². The molecule has 2 aliphatic heterocycles. The average Bonchev–Trinajstić information content (AvgIpc) is 3.07. The molecule has 2 atom stereocenters. The molecule has 0 spiro atoms. The zero-order chi connectivity index (χ0) is 20.5. The highest BCUT2D eigenvalue weighted by Crippen LogP contribution is 2.48. The Morgan fingerprint density at radius 3 is 2.64 bits per heavy atom. The molecule has 1 aromatic rings. The number of carbonyl (C=O) groups is 2. The first-order chi connectivity index (χ1) is 13.4. The van der Waals surface area contributed by atoms with E-state index in [1.165, 1.54) is 20.1 Å². The number of fused-ring (bicyclic) bond motifs is 1. The standard InChI is InChI=1S/C21H24N2O5/c1-5-21(6-2)20(27-13(3)24)19(23-12-15(26-4)10-18(23)25)16-9-14(11-22)7-8-17(16)28-21/h7-10,19-20H,5-6,12H2,1-4H3. The van der Waals surface area contributed by atoms with E-state index in [0.717, 1.165) is 0 Å². The van der Waals surface area contributed by atoms with Gasteiger partial charge >= 0.3 is 5.97 Å². The number of esters is 1. The highest BCUT2D eigenvalue weighted by atomic mass is 16.6. The second-order valence-electron chi connectivity index (χ2n) is 6.99. The van der Waals surface area contributed by atoms with E-state index in [1.807, 2.05) is 13.8 Å². The van der Waals surface area contributed by atoms with Crippen LogP contribution in [0.1, 0.15) is 50.8 Å². The molecule has 0 fully saturated rings. The van der Waals surface area contributed by atoms with Crippen LogP contribution in [0.2, 0.25) is 0 Å². The molecular weight excluding hydrogens is 360 g/mol. The van der Waals surface area contributed by atoms with Crippen LogP contribution in [-0.4, -0.2) is 42.1 Å².